The summed E-state index contributed by atoms with van der Waals surface area (Å²) in [5, 5.41) is 5.21. The number of amides is 2. The first-order valence-corrected chi connectivity index (χ1v) is 7.06. The van der Waals surface area contributed by atoms with Gasteiger partial charge in [0.05, 0.1) is 5.69 Å². The zero-order valence-corrected chi connectivity index (χ0v) is 12.6. The van der Waals surface area contributed by atoms with E-state index >= 15 is 0 Å². The summed E-state index contributed by atoms with van der Waals surface area (Å²) in [6, 6.07) is 14.3. The van der Waals surface area contributed by atoms with Crippen LogP contribution in [0.4, 0.5) is 10.1 Å². The van der Waals surface area contributed by atoms with Gasteiger partial charge in [0.15, 0.2) is 0 Å². The molecule has 2 amide bonds. The summed E-state index contributed by atoms with van der Waals surface area (Å²) in [5.41, 5.74) is 0.810. The maximum atomic E-state index is 12.3. The summed E-state index contributed by atoms with van der Waals surface area (Å²) in [7, 11) is 0. The highest BCUT2D eigenvalue weighted by Crippen LogP contribution is 2.23. The normalized spacial score (nSPS) is 11.4. The van der Waals surface area contributed by atoms with Crippen molar-refractivity contribution in [3.63, 3.8) is 0 Å². The van der Waals surface area contributed by atoms with E-state index < -0.39 is 18.8 Å². The van der Waals surface area contributed by atoms with E-state index in [1.54, 1.807) is 61.5 Å². The van der Waals surface area contributed by atoms with Crippen LogP contribution >= 0.6 is 0 Å². The van der Waals surface area contributed by atoms with Crippen LogP contribution in [-0.2, 0) is 4.79 Å². The van der Waals surface area contributed by atoms with E-state index in [1.807, 2.05) is 0 Å². The molecule has 0 saturated heterocycles. The molecule has 0 bridgehead atoms. The maximum Gasteiger partial charge on any atom is 0.251 e. The molecule has 23 heavy (non-hydrogen) atoms. The molecular formula is C17H17FN2O3. The minimum absolute atomic E-state index is 0.227. The molecule has 2 aromatic rings. The van der Waals surface area contributed by atoms with Gasteiger partial charge < -0.3 is 15.4 Å². The number of ether oxygens (including phenoxy) is 1. The van der Waals surface area contributed by atoms with Crippen molar-refractivity contribution in [1.29, 1.82) is 0 Å². The van der Waals surface area contributed by atoms with Crippen molar-refractivity contribution in [2.45, 2.75) is 13.0 Å². The molecule has 0 fully saturated rings. The van der Waals surface area contributed by atoms with E-state index in [1.165, 1.54) is 0 Å². The molecule has 5 nitrogen and oxygen atoms in total. The topological polar surface area (TPSA) is 67.4 Å². The highest BCUT2D eigenvalue weighted by atomic mass is 19.1. The minimum Gasteiger partial charge on any atom is -0.461 e. The Morgan fingerprint density at radius 2 is 1.74 bits per heavy atom. The van der Waals surface area contributed by atoms with Crippen LogP contribution in [0.2, 0.25) is 0 Å². The first kappa shape index (κ1) is 16.5. The molecule has 2 aromatic carbocycles. The van der Waals surface area contributed by atoms with Crippen molar-refractivity contribution < 1.29 is 18.7 Å². The number of para-hydroxylation sites is 2. The quantitative estimate of drug-likeness (QED) is 0.861. The molecule has 6 heteroatoms. The van der Waals surface area contributed by atoms with Crippen molar-refractivity contribution in [1.82, 2.24) is 5.32 Å². The Morgan fingerprint density at radius 3 is 2.43 bits per heavy atom. The van der Waals surface area contributed by atoms with Gasteiger partial charge in [-0.1, -0.05) is 30.3 Å². The second kappa shape index (κ2) is 7.93. The Kier molecular flexibility index (Phi) is 5.68. The summed E-state index contributed by atoms with van der Waals surface area (Å²) in [5.74, 6) is -0.546. The van der Waals surface area contributed by atoms with E-state index in [0.717, 1.165) is 0 Å². The average Bonchev–Trinajstić information content (AvgIpc) is 2.57. The Morgan fingerprint density at radius 1 is 1.09 bits per heavy atom. The summed E-state index contributed by atoms with van der Waals surface area (Å²) in [6.45, 7) is 0.571. The zero-order valence-electron chi connectivity index (χ0n) is 12.6. The molecule has 2 rings (SSSR count). The van der Waals surface area contributed by atoms with Crippen LogP contribution < -0.4 is 15.4 Å². The molecular weight excluding hydrogens is 299 g/mol. The summed E-state index contributed by atoms with van der Waals surface area (Å²) < 4.78 is 17.1. The van der Waals surface area contributed by atoms with Crippen molar-refractivity contribution in [3.8, 4) is 5.75 Å². The van der Waals surface area contributed by atoms with E-state index in [-0.39, 0.29) is 11.7 Å². The first-order chi connectivity index (χ1) is 11.1. The largest absolute Gasteiger partial charge is 0.461 e. The number of anilines is 1. The Hall–Kier alpha value is -2.89. The van der Waals surface area contributed by atoms with Gasteiger partial charge in [0, 0.05) is 5.56 Å². The molecule has 0 aliphatic heterocycles. The lowest BCUT2D eigenvalue weighted by atomic mass is 10.2. The third-order valence-corrected chi connectivity index (χ3v) is 3.13. The van der Waals surface area contributed by atoms with Gasteiger partial charge in [-0.05, 0) is 31.2 Å². The number of nitrogens with one attached hydrogen (secondary N) is 2. The molecule has 0 radical (unpaired) electrons. The summed E-state index contributed by atoms with van der Waals surface area (Å²) >= 11 is 0. The molecule has 2 N–H and O–H groups in total. The molecule has 0 heterocycles. The predicted molar refractivity (Wildman–Crippen MR) is 85.0 cm³/mol. The number of carbonyl (C=O) groups is 2. The number of alkyl halides is 1. The number of hydrogen-bond acceptors (Lipinski definition) is 3. The van der Waals surface area contributed by atoms with Gasteiger partial charge in [-0.15, -0.1) is 0 Å². The molecule has 0 saturated carbocycles. The highest BCUT2D eigenvalue weighted by molar-refractivity contribution is 6.01. The Bertz CT molecular complexity index is 677. The van der Waals surface area contributed by atoms with Gasteiger partial charge in [0.1, 0.15) is 11.8 Å². The minimum atomic E-state index is -0.993. The van der Waals surface area contributed by atoms with Crippen LogP contribution in [0.3, 0.4) is 0 Å². The van der Waals surface area contributed by atoms with Crippen molar-refractivity contribution in [3.05, 3.63) is 60.2 Å². The van der Waals surface area contributed by atoms with Crippen LogP contribution in [-0.4, -0.2) is 24.7 Å². The van der Waals surface area contributed by atoms with Crippen molar-refractivity contribution >= 4 is 17.5 Å². The summed E-state index contributed by atoms with van der Waals surface area (Å²) in [6.07, 6.45) is 0. The van der Waals surface area contributed by atoms with Gasteiger partial charge in [0.2, 0.25) is 12.8 Å². The van der Waals surface area contributed by atoms with Gasteiger partial charge >= 0.3 is 0 Å². The van der Waals surface area contributed by atoms with Crippen LogP contribution in [0, 0.1) is 0 Å². The van der Waals surface area contributed by atoms with Crippen LogP contribution in [0.1, 0.15) is 17.3 Å². The summed E-state index contributed by atoms with van der Waals surface area (Å²) in [4.78, 5) is 24.2. The predicted octanol–water partition coefficient (Wildman–Crippen LogP) is 2.75. The number of hydrogen-bond donors (Lipinski definition) is 2. The van der Waals surface area contributed by atoms with Gasteiger partial charge in [-0.25, -0.2) is 4.39 Å². The lowest BCUT2D eigenvalue weighted by molar-refractivity contribution is -0.117. The number of benzene rings is 2. The molecule has 0 spiro atoms. The lowest BCUT2D eigenvalue weighted by Crippen LogP contribution is -2.41. The molecule has 0 aliphatic rings. The Labute approximate surface area is 133 Å². The average molecular weight is 316 g/mol. The number of carbonyl (C=O) groups excluding carboxylic acids is 2. The van der Waals surface area contributed by atoms with Gasteiger partial charge in [0.25, 0.3) is 5.91 Å². The molecule has 0 aromatic heterocycles. The fourth-order valence-electron chi connectivity index (χ4n) is 1.93. The highest BCUT2D eigenvalue weighted by Gasteiger charge is 2.17. The van der Waals surface area contributed by atoms with Crippen LogP contribution in [0.25, 0.3) is 0 Å². The lowest BCUT2D eigenvalue weighted by Gasteiger charge is -2.15. The SMILES string of the molecule is CC(NC(=O)c1ccccc1)C(=O)Nc1ccccc1OCF. The van der Waals surface area contributed by atoms with E-state index in [0.29, 0.717) is 11.3 Å². The fourth-order valence-corrected chi connectivity index (χ4v) is 1.93. The smallest absolute Gasteiger partial charge is 0.251 e. The van der Waals surface area contributed by atoms with E-state index in [2.05, 4.69) is 10.6 Å². The molecule has 1 unspecified atom stereocenters. The third-order valence-electron chi connectivity index (χ3n) is 3.13. The third kappa shape index (κ3) is 4.54. The molecule has 1 atom stereocenters. The zero-order chi connectivity index (χ0) is 16.7. The monoisotopic (exact) mass is 316 g/mol. The van der Waals surface area contributed by atoms with E-state index in [9.17, 15) is 14.0 Å². The fraction of sp³-hybridized carbons (Fsp3) is 0.176. The van der Waals surface area contributed by atoms with E-state index in [4.69, 9.17) is 4.74 Å². The first-order valence-electron chi connectivity index (χ1n) is 7.06. The van der Waals surface area contributed by atoms with Crippen molar-refractivity contribution in [2.75, 3.05) is 12.2 Å². The van der Waals surface area contributed by atoms with Crippen molar-refractivity contribution in [2.24, 2.45) is 0 Å². The number of halogens is 1. The van der Waals surface area contributed by atoms with Gasteiger partial charge in [-0.3, -0.25) is 9.59 Å². The second-order valence-corrected chi connectivity index (χ2v) is 4.80. The Balaban J connectivity index is 1.99. The van der Waals surface area contributed by atoms with Crippen LogP contribution in [0.15, 0.2) is 54.6 Å². The molecule has 0 aliphatic carbocycles. The van der Waals surface area contributed by atoms with Crippen LogP contribution in [0.5, 0.6) is 5.75 Å². The maximum absolute atomic E-state index is 12.3. The molecule has 120 valence electrons. The second-order valence-electron chi connectivity index (χ2n) is 4.80. The van der Waals surface area contributed by atoms with Gasteiger partial charge in [-0.2, -0.15) is 0 Å². The standard InChI is InChI=1S/C17H17FN2O3/c1-12(19-17(22)13-7-3-2-4-8-13)16(21)20-14-9-5-6-10-15(14)23-11-18/h2-10,12H,11H2,1H3,(H,19,22)(H,20,21). The number of rotatable bonds is 6.